The monoisotopic (exact) mass is 319 g/mol. The Morgan fingerprint density at radius 3 is 2.36 bits per heavy atom. The number of ether oxygens (including phenoxy) is 1. The maximum absolute atomic E-state index is 12.0. The Morgan fingerprint density at radius 1 is 1.05 bits per heavy atom. The van der Waals surface area contributed by atoms with Gasteiger partial charge in [0.2, 0.25) is 0 Å². The third-order valence-corrected chi connectivity index (χ3v) is 4.33. The molecule has 0 saturated heterocycles. The third-order valence-electron chi connectivity index (χ3n) is 2.94. The van der Waals surface area contributed by atoms with Gasteiger partial charge in [0, 0.05) is 0 Å². The number of nitrogens with one attached hydrogen (secondary N) is 1. The van der Waals surface area contributed by atoms with E-state index < -0.39 is 15.9 Å². The number of benzene rings is 2. The molecule has 1 N–H and O–H groups in total. The summed E-state index contributed by atoms with van der Waals surface area (Å²) >= 11 is 0. The number of carbonyl (C=O) groups is 1. The molecule has 0 aromatic heterocycles. The summed E-state index contributed by atoms with van der Waals surface area (Å²) in [5.41, 5.74) is 1.93. The van der Waals surface area contributed by atoms with Crippen molar-refractivity contribution in [3.63, 3.8) is 0 Å². The highest BCUT2D eigenvalue weighted by atomic mass is 32.2. The van der Waals surface area contributed by atoms with E-state index in [1.807, 2.05) is 24.6 Å². The first kappa shape index (κ1) is 16.0. The van der Waals surface area contributed by atoms with Gasteiger partial charge >= 0.3 is 0 Å². The number of rotatable bonds is 5. The highest BCUT2D eigenvalue weighted by molar-refractivity contribution is 7.90. The SMILES string of the molecule is Cc1ccc(S(=O)(=O)NC(=O)COc2cccc(C)c2)cc1. The Balaban J connectivity index is 1.97. The van der Waals surface area contributed by atoms with Crippen molar-refractivity contribution in [2.75, 3.05) is 6.61 Å². The van der Waals surface area contributed by atoms with Gasteiger partial charge in [-0.1, -0.05) is 29.8 Å². The molecule has 0 bridgehead atoms. The minimum Gasteiger partial charge on any atom is -0.484 e. The number of sulfonamides is 1. The summed E-state index contributed by atoms with van der Waals surface area (Å²) in [6.45, 7) is 3.38. The van der Waals surface area contributed by atoms with Gasteiger partial charge in [-0.05, 0) is 43.7 Å². The molecule has 2 aromatic carbocycles. The smallest absolute Gasteiger partial charge is 0.271 e. The molecule has 0 heterocycles. The number of amides is 1. The van der Waals surface area contributed by atoms with E-state index in [4.69, 9.17) is 4.74 Å². The number of aryl methyl sites for hydroxylation is 2. The number of carbonyl (C=O) groups excluding carboxylic acids is 1. The summed E-state index contributed by atoms with van der Waals surface area (Å²) in [7, 11) is -3.87. The molecular weight excluding hydrogens is 302 g/mol. The lowest BCUT2D eigenvalue weighted by Crippen LogP contribution is -2.34. The quantitative estimate of drug-likeness (QED) is 0.917. The summed E-state index contributed by atoms with van der Waals surface area (Å²) < 4.78 is 31.3. The van der Waals surface area contributed by atoms with Crippen molar-refractivity contribution in [2.45, 2.75) is 18.7 Å². The molecule has 0 unspecified atom stereocenters. The number of hydrogen-bond acceptors (Lipinski definition) is 4. The largest absolute Gasteiger partial charge is 0.484 e. The van der Waals surface area contributed by atoms with Gasteiger partial charge in [-0.2, -0.15) is 0 Å². The zero-order valence-electron chi connectivity index (χ0n) is 12.4. The number of hydrogen-bond donors (Lipinski definition) is 1. The molecule has 2 aromatic rings. The Hall–Kier alpha value is -2.34. The topological polar surface area (TPSA) is 72.5 Å². The molecule has 2 rings (SSSR count). The summed E-state index contributed by atoms with van der Waals surface area (Å²) in [6.07, 6.45) is 0. The average molecular weight is 319 g/mol. The molecule has 0 aliphatic rings. The van der Waals surface area contributed by atoms with Crippen LogP contribution < -0.4 is 9.46 Å². The molecule has 0 fully saturated rings. The van der Waals surface area contributed by atoms with E-state index in [-0.39, 0.29) is 11.5 Å². The van der Waals surface area contributed by atoms with Crippen molar-refractivity contribution >= 4 is 15.9 Å². The van der Waals surface area contributed by atoms with Crippen LogP contribution in [0, 0.1) is 13.8 Å². The Labute approximate surface area is 130 Å². The first-order valence-corrected chi connectivity index (χ1v) is 8.17. The second-order valence-corrected chi connectivity index (χ2v) is 6.63. The molecular formula is C16H17NO4S. The van der Waals surface area contributed by atoms with Crippen LogP contribution in [0.15, 0.2) is 53.4 Å². The fraction of sp³-hybridized carbons (Fsp3) is 0.188. The van der Waals surface area contributed by atoms with Gasteiger partial charge < -0.3 is 4.74 Å². The normalized spacial score (nSPS) is 11.0. The van der Waals surface area contributed by atoms with Crippen LogP contribution in [0.1, 0.15) is 11.1 Å². The van der Waals surface area contributed by atoms with Gasteiger partial charge in [0.05, 0.1) is 4.90 Å². The molecule has 1 amide bonds. The molecule has 0 atom stereocenters. The maximum atomic E-state index is 12.0. The summed E-state index contributed by atoms with van der Waals surface area (Å²) in [4.78, 5) is 11.8. The van der Waals surface area contributed by atoms with Crippen LogP contribution in [0.4, 0.5) is 0 Å². The highest BCUT2D eigenvalue weighted by Crippen LogP contribution is 2.12. The first-order valence-electron chi connectivity index (χ1n) is 6.68. The van der Waals surface area contributed by atoms with E-state index in [0.29, 0.717) is 5.75 Å². The molecule has 0 spiro atoms. The van der Waals surface area contributed by atoms with Crippen molar-refractivity contribution in [2.24, 2.45) is 0 Å². The molecule has 116 valence electrons. The van der Waals surface area contributed by atoms with Crippen molar-refractivity contribution in [1.29, 1.82) is 0 Å². The first-order chi connectivity index (χ1) is 10.4. The Bertz CT molecular complexity index is 767. The van der Waals surface area contributed by atoms with Gasteiger partial charge in [-0.25, -0.2) is 13.1 Å². The van der Waals surface area contributed by atoms with Crippen molar-refractivity contribution in [3.8, 4) is 5.75 Å². The zero-order chi connectivity index (χ0) is 16.2. The lowest BCUT2D eigenvalue weighted by molar-refractivity contribution is -0.121. The van der Waals surface area contributed by atoms with Crippen LogP contribution in [0.2, 0.25) is 0 Å². The molecule has 22 heavy (non-hydrogen) atoms. The Morgan fingerprint density at radius 2 is 1.73 bits per heavy atom. The average Bonchev–Trinajstić information content (AvgIpc) is 2.45. The van der Waals surface area contributed by atoms with Gasteiger partial charge in [0.15, 0.2) is 6.61 Å². The van der Waals surface area contributed by atoms with Gasteiger partial charge in [-0.15, -0.1) is 0 Å². The lowest BCUT2D eigenvalue weighted by Gasteiger charge is -2.09. The standard InChI is InChI=1S/C16H17NO4S/c1-12-6-8-15(9-7-12)22(19,20)17-16(18)11-21-14-5-3-4-13(2)10-14/h3-10H,11H2,1-2H3,(H,17,18). The fourth-order valence-corrected chi connectivity index (χ4v) is 2.78. The minimum absolute atomic E-state index is 0.0435. The predicted molar refractivity (Wildman–Crippen MR) is 83.2 cm³/mol. The second-order valence-electron chi connectivity index (χ2n) is 4.95. The van der Waals surface area contributed by atoms with Crippen molar-refractivity contribution in [3.05, 3.63) is 59.7 Å². The fourth-order valence-electron chi connectivity index (χ4n) is 1.81. The van der Waals surface area contributed by atoms with Crippen LogP contribution in [-0.4, -0.2) is 20.9 Å². The molecule has 6 heteroatoms. The van der Waals surface area contributed by atoms with Gasteiger partial charge in [0.1, 0.15) is 5.75 Å². The third kappa shape index (κ3) is 4.33. The van der Waals surface area contributed by atoms with Crippen LogP contribution in [0.5, 0.6) is 5.75 Å². The van der Waals surface area contributed by atoms with Crippen LogP contribution in [-0.2, 0) is 14.8 Å². The highest BCUT2D eigenvalue weighted by Gasteiger charge is 2.17. The lowest BCUT2D eigenvalue weighted by atomic mass is 10.2. The van der Waals surface area contributed by atoms with E-state index >= 15 is 0 Å². The van der Waals surface area contributed by atoms with E-state index in [1.54, 1.807) is 30.3 Å². The zero-order valence-corrected chi connectivity index (χ0v) is 13.2. The van der Waals surface area contributed by atoms with Crippen LogP contribution >= 0.6 is 0 Å². The van der Waals surface area contributed by atoms with Crippen LogP contribution in [0.3, 0.4) is 0 Å². The molecule has 0 radical (unpaired) electrons. The summed E-state index contributed by atoms with van der Waals surface area (Å²) in [5, 5.41) is 0. The maximum Gasteiger partial charge on any atom is 0.271 e. The molecule has 0 aliphatic carbocycles. The van der Waals surface area contributed by atoms with Crippen LogP contribution in [0.25, 0.3) is 0 Å². The van der Waals surface area contributed by atoms with Crippen molar-refractivity contribution < 1.29 is 17.9 Å². The summed E-state index contributed by atoms with van der Waals surface area (Å²) in [6, 6.07) is 13.4. The molecule has 0 saturated carbocycles. The molecule has 0 aliphatic heterocycles. The second kappa shape index (κ2) is 6.62. The minimum atomic E-state index is -3.87. The van der Waals surface area contributed by atoms with Gasteiger partial charge in [-0.3, -0.25) is 4.79 Å². The Kier molecular flexibility index (Phi) is 4.82. The van der Waals surface area contributed by atoms with Crippen molar-refractivity contribution in [1.82, 2.24) is 4.72 Å². The van der Waals surface area contributed by atoms with E-state index in [1.165, 1.54) is 12.1 Å². The van der Waals surface area contributed by atoms with Gasteiger partial charge in [0.25, 0.3) is 15.9 Å². The van der Waals surface area contributed by atoms with E-state index in [2.05, 4.69) is 0 Å². The van der Waals surface area contributed by atoms with E-state index in [0.717, 1.165) is 11.1 Å². The molecule has 5 nitrogen and oxygen atoms in total. The summed E-state index contributed by atoms with van der Waals surface area (Å²) in [5.74, 6) is -0.204. The van der Waals surface area contributed by atoms with E-state index in [9.17, 15) is 13.2 Å². The predicted octanol–water partition coefficient (Wildman–Crippen LogP) is 2.19.